The van der Waals surface area contributed by atoms with Crippen LogP contribution in [0.2, 0.25) is 0 Å². The van der Waals surface area contributed by atoms with Gasteiger partial charge in [0.1, 0.15) is 5.75 Å². The first kappa shape index (κ1) is 24.6. The first-order chi connectivity index (χ1) is 14.7. The fourth-order valence-electron chi connectivity index (χ4n) is 3.07. The molecule has 0 spiro atoms. The summed E-state index contributed by atoms with van der Waals surface area (Å²) < 4.78 is 78.5. The Balaban J connectivity index is 2.19. The smallest absolute Gasteiger partial charge is 0.425 e. The molecule has 0 N–H and O–H groups in total. The summed E-state index contributed by atoms with van der Waals surface area (Å²) in [4.78, 5) is 12.2. The summed E-state index contributed by atoms with van der Waals surface area (Å²) in [5, 5.41) is 0. The standard InChI is InChI=1S/C23H25F5O3/c1-3-5-6-7-8-19(23(26,27)28)31-22(29)18-14-13-17(20(24)21(18)25)15-9-11-16(12-10-15)30-4-2/h9-14,19H,3-8H2,1-2H3. The molecule has 0 fully saturated rings. The lowest BCUT2D eigenvalue weighted by atomic mass is 10.0. The van der Waals surface area contributed by atoms with Gasteiger partial charge in [0, 0.05) is 5.56 Å². The van der Waals surface area contributed by atoms with Gasteiger partial charge < -0.3 is 9.47 Å². The van der Waals surface area contributed by atoms with Crippen LogP contribution < -0.4 is 4.74 Å². The molecule has 0 aliphatic heterocycles. The van der Waals surface area contributed by atoms with Crippen LogP contribution in [0.15, 0.2) is 36.4 Å². The minimum absolute atomic E-state index is 0.135. The Bertz CT molecular complexity index is 863. The van der Waals surface area contributed by atoms with Gasteiger partial charge in [0.15, 0.2) is 17.7 Å². The van der Waals surface area contributed by atoms with Crippen LogP contribution in [0.5, 0.6) is 5.75 Å². The van der Waals surface area contributed by atoms with E-state index in [9.17, 15) is 26.7 Å². The zero-order valence-corrected chi connectivity index (χ0v) is 17.4. The van der Waals surface area contributed by atoms with Crippen LogP contribution >= 0.6 is 0 Å². The van der Waals surface area contributed by atoms with Crippen molar-refractivity contribution in [1.29, 1.82) is 0 Å². The molecule has 8 heteroatoms. The molecule has 0 aliphatic carbocycles. The molecule has 2 aromatic carbocycles. The Morgan fingerprint density at radius 3 is 2.19 bits per heavy atom. The van der Waals surface area contributed by atoms with E-state index in [-0.39, 0.29) is 12.0 Å². The minimum atomic E-state index is -4.79. The van der Waals surface area contributed by atoms with E-state index in [2.05, 4.69) is 4.74 Å². The number of carbonyl (C=O) groups is 1. The van der Waals surface area contributed by atoms with Gasteiger partial charge in [0.05, 0.1) is 12.2 Å². The van der Waals surface area contributed by atoms with E-state index in [1.54, 1.807) is 19.1 Å². The number of rotatable bonds is 10. The topological polar surface area (TPSA) is 35.5 Å². The number of halogens is 5. The van der Waals surface area contributed by atoms with Crippen LogP contribution in [0, 0.1) is 11.6 Å². The van der Waals surface area contributed by atoms with Gasteiger partial charge in [-0.25, -0.2) is 13.6 Å². The number of hydrogen-bond acceptors (Lipinski definition) is 3. The fraction of sp³-hybridized carbons (Fsp3) is 0.435. The SMILES string of the molecule is CCCCCCC(OC(=O)c1ccc(-c2ccc(OCC)cc2)c(F)c1F)C(F)(F)F. The first-order valence-electron chi connectivity index (χ1n) is 10.2. The Kier molecular flexibility index (Phi) is 8.83. The van der Waals surface area contributed by atoms with Crippen LogP contribution in [-0.4, -0.2) is 24.9 Å². The zero-order valence-electron chi connectivity index (χ0n) is 17.4. The highest BCUT2D eigenvalue weighted by Gasteiger charge is 2.42. The van der Waals surface area contributed by atoms with E-state index in [1.807, 2.05) is 6.92 Å². The third-order valence-electron chi connectivity index (χ3n) is 4.71. The van der Waals surface area contributed by atoms with E-state index >= 15 is 0 Å². The third kappa shape index (κ3) is 6.67. The van der Waals surface area contributed by atoms with Gasteiger partial charge >= 0.3 is 12.1 Å². The van der Waals surface area contributed by atoms with Crippen molar-refractivity contribution in [3.63, 3.8) is 0 Å². The van der Waals surface area contributed by atoms with E-state index in [1.165, 1.54) is 12.1 Å². The van der Waals surface area contributed by atoms with Crippen LogP contribution in [0.3, 0.4) is 0 Å². The summed E-state index contributed by atoms with van der Waals surface area (Å²) in [6.07, 6.45) is -5.24. The number of hydrogen-bond donors (Lipinski definition) is 0. The summed E-state index contributed by atoms with van der Waals surface area (Å²) >= 11 is 0. The largest absolute Gasteiger partial charge is 0.494 e. The maximum absolute atomic E-state index is 14.6. The summed E-state index contributed by atoms with van der Waals surface area (Å²) in [6, 6.07) is 8.23. The van der Waals surface area contributed by atoms with Gasteiger partial charge in [0.2, 0.25) is 0 Å². The van der Waals surface area contributed by atoms with Crippen molar-refractivity contribution in [3.8, 4) is 16.9 Å². The number of unbranched alkanes of at least 4 members (excludes halogenated alkanes) is 3. The van der Waals surface area contributed by atoms with Crippen LogP contribution in [0.25, 0.3) is 11.1 Å². The normalized spacial score (nSPS) is 12.5. The highest BCUT2D eigenvalue weighted by Crippen LogP contribution is 2.31. The fourth-order valence-corrected chi connectivity index (χ4v) is 3.07. The van der Waals surface area contributed by atoms with Gasteiger partial charge in [-0.15, -0.1) is 0 Å². The van der Waals surface area contributed by atoms with Crippen molar-refractivity contribution in [2.45, 2.75) is 58.2 Å². The predicted molar refractivity (Wildman–Crippen MR) is 107 cm³/mol. The molecule has 0 saturated heterocycles. The van der Waals surface area contributed by atoms with Gasteiger partial charge in [0.25, 0.3) is 0 Å². The van der Waals surface area contributed by atoms with Gasteiger partial charge in [-0.1, -0.05) is 44.4 Å². The molecule has 31 heavy (non-hydrogen) atoms. The van der Waals surface area contributed by atoms with Crippen LogP contribution in [-0.2, 0) is 4.74 Å². The number of benzene rings is 2. The molecule has 3 nitrogen and oxygen atoms in total. The lowest BCUT2D eigenvalue weighted by Gasteiger charge is -2.21. The zero-order chi connectivity index (χ0) is 23.0. The summed E-state index contributed by atoms with van der Waals surface area (Å²) in [5.74, 6) is -3.90. The van der Waals surface area contributed by atoms with Crippen molar-refractivity contribution >= 4 is 5.97 Å². The van der Waals surface area contributed by atoms with Gasteiger partial charge in [-0.2, -0.15) is 13.2 Å². The molecule has 0 radical (unpaired) electrons. The molecule has 0 saturated carbocycles. The Hall–Kier alpha value is -2.64. The number of carbonyl (C=O) groups excluding carboxylic acids is 1. The highest BCUT2D eigenvalue weighted by atomic mass is 19.4. The molecule has 2 aromatic rings. The second-order valence-corrected chi connectivity index (χ2v) is 7.03. The molecule has 0 aliphatic rings. The van der Waals surface area contributed by atoms with E-state index < -0.39 is 41.9 Å². The lowest BCUT2D eigenvalue weighted by Crippen LogP contribution is -2.34. The molecule has 0 amide bonds. The molecule has 0 bridgehead atoms. The molecule has 0 heterocycles. The Morgan fingerprint density at radius 2 is 1.61 bits per heavy atom. The maximum Gasteiger partial charge on any atom is 0.425 e. The van der Waals surface area contributed by atoms with Crippen molar-refractivity contribution in [2.24, 2.45) is 0 Å². The molecule has 2 rings (SSSR count). The average molecular weight is 444 g/mol. The second kappa shape index (κ2) is 11.1. The monoisotopic (exact) mass is 444 g/mol. The van der Waals surface area contributed by atoms with Crippen LogP contribution in [0.4, 0.5) is 22.0 Å². The molecular formula is C23H25F5O3. The molecule has 0 aromatic heterocycles. The Morgan fingerprint density at radius 1 is 0.935 bits per heavy atom. The van der Waals surface area contributed by atoms with Gasteiger partial charge in [-0.3, -0.25) is 0 Å². The van der Waals surface area contributed by atoms with Crippen molar-refractivity contribution in [2.75, 3.05) is 6.61 Å². The molecular weight excluding hydrogens is 419 g/mol. The van der Waals surface area contributed by atoms with Crippen molar-refractivity contribution < 1.29 is 36.2 Å². The first-order valence-corrected chi connectivity index (χ1v) is 10.2. The third-order valence-corrected chi connectivity index (χ3v) is 4.71. The quantitative estimate of drug-likeness (QED) is 0.223. The highest BCUT2D eigenvalue weighted by molar-refractivity contribution is 5.90. The summed E-state index contributed by atoms with van der Waals surface area (Å²) in [7, 11) is 0. The lowest BCUT2D eigenvalue weighted by molar-refractivity contribution is -0.206. The summed E-state index contributed by atoms with van der Waals surface area (Å²) in [6.45, 7) is 4.15. The van der Waals surface area contributed by atoms with Crippen molar-refractivity contribution in [1.82, 2.24) is 0 Å². The van der Waals surface area contributed by atoms with Crippen molar-refractivity contribution in [3.05, 3.63) is 53.6 Å². The molecule has 170 valence electrons. The van der Waals surface area contributed by atoms with E-state index in [0.29, 0.717) is 24.3 Å². The minimum Gasteiger partial charge on any atom is -0.494 e. The average Bonchev–Trinajstić information content (AvgIpc) is 2.72. The Labute approximate surface area is 178 Å². The maximum atomic E-state index is 14.6. The number of esters is 1. The molecule has 1 unspecified atom stereocenters. The van der Waals surface area contributed by atoms with Crippen LogP contribution in [0.1, 0.15) is 56.3 Å². The molecule has 1 atom stereocenters. The second-order valence-electron chi connectivity index (χ2n) is 7.03. The predicted octanol–water partition coefficient (Wildman–Crippen LogP) is 7.09. The van der Waals surface area contributed by atoms with E-state index in [4.69, 9.17) is 4.74 Å². The number of alkyl halides is 3. The number of ether oxygens (including phenoxy) is 2. The van der Waals surface area contributed by atoms with Gasteiger partial charge in [-0.05, 0) is 43.5 Å². The van der Waals surface area contributed by atoms with E-state index in [0.717, 1.165) is 25.0 Å². The summed E-state index contributed by atoms with van der Waals surface area (Å²) in [5.41, 5.74) is -0.692.